The Hall–Kier alpha value is -3.99. The van der Waals surface area contributed by atoms with Crippen molar-refractivity contribution in [1.29, 1.82) is 0 Å². The van der Waals surface area contributed by atoms with E-state index in [0.29, 0.717) is 0 Å². The van der Waals surface area contributed by atoms with Crippen LogP contribution in [0.4, 0.5) is 5.69 Å². The maximum absolute atomic E-state index is 12.2. The molecule has 2 aromatic rings. The molecule has 3 rings (SSSR count). The van der Waals surface area contributed by atoms with Crippen molar-refractivity contribution in [2.75, 3.05) is 0 Å². The Labute approximate surface area is 186 Å². The van der Waals surface area contributed by atoms with Crippen LogP contribution >= 0.6 is 11.6 Å². The Morgan fingerprint density at radius 1 is 1.09 bits per heavy atom. The molecular formula is C20H16ClN3O8. The molecule has 2 aromatic carbocycles. The fourth-order valence-electron chi connectivity index (χ4n) is 2.86. The molecule has 1 aliphatic rings. The number of nitro groups is 1. The van der Waals surface area contributed by atoms with Gasteiger partial charge in [0.1, 0.15) is 11.5 Å². The number of carbonyl (C=O) groups is 3. The molecule has 0 bridgehead atoms. The van der Waals surface area contributed by atoms with E-state index < -0.39 is 29.0 Å². The number of nitro benzene ring substituents is 1. The normalized spacial score (nSPS) is 14.9. The van der Waals surface area contributed by atoms with E-state index in [1.54, 1.807) is 0 Å². The van der Waals surface area contributed by atoms with E-state index in [4.69, 9.17) is 25.8 Å². The lowest BCUT2D eigenvalue weighted by molar-refractivity contribution is -0.385. The molecule has 0 aromatic heterocycles. The number of rotatable bonds is 5. The van der Waals surface area contributed by atoms with E-state index in [1.165, 1.54) is 57.2 Å². The number of halogens is 1. The fourth-order valence-corrected chi connectivity index (χ4v) is 3.07. The molecule has 0 aliphatic carbocycles. The molecular weight excluding hydrogens is 446 g/mol. The second kappa shape index (κ2) is 9.02. The Bertz CT molecular complexity index is 1160. The average Bonchev–Trinajstić information content (AvgIpc) is 3.12. The van der Waals surface area contributed by atoms with E-state index in [2.05, 4.69) is 5.10 Å². The van der Waals surface area contributed by atoms with Crippen molar-refractivity contribution in [2.24, 2.45) is 5.10 Å². The van der Waals surface area contributed by atoms with Gasteiger partial charge in [-0.25, -0.2) is 0 Å². The number of hydrogen-bond acceptors (Lipinski definition) is 9. The summed E-state index contributed by atoms with van der Waals surface area (Å²) in [4.78, 5) is 45.5. The third-order valence-electron chi connectivity index (χ3n) is 4.12. The first-order valence-corrected chi connectivity index (χ1v) is 9.44. The summed E-state index contributed by atoms with van der Waals surface area (Å²) in [6.07, 6.45) is -1.20. The lowest BCUT2D eigenvalue weighted by atomic mass is 10.1. The lowest BCUT2D eigenvalue weighted by Gasteiger charge is -2.20. The molecule has 1 amide bonds. The van der Waals surface area contributed by atoms with E-state index in [1.807, 2.05) is 0 Å². The van der Waals surface area contributed by atoms with Gasteiger partial charge in [-0.2, -0.15) is 5.01 Å². The fraction of sp³-hybridized carbons (Fsp3) is 0.200. The molecule has 1 unspecified atom stereocenters. The summed E-state index contributed by atoms with van der Waals surface area (Å²) in [5, 5.41) is 16.4. The Balaban J connectivity index is 2.05. The van der Waals surface area contributed by atoms with Gasteiger partial charge in [0.05, 0.1) is 10.5 Å². The standard InChI is InChI=1S/C20H16ClN3O8/c1-10(25)23-20(16-8-13(24(28)29)4-7-17(16)21)32-19(22-23)15-6-5-14(30-11(2)26)9-18(15)31-12(3)27/h4-9,20H,1-3H3. The predicted molar refractivity (Wildman–Crippen MR) is 110 cm³/mol. The highest BCUT2D eigenvalue weighted by atomic mass is 35.5. The number of carbonyl (C=O) groups excluding carboxylic acids is 3. The summed E-state index contributed by atoms with van der Waals surface area (Å²) in [6, 6.07) is 7.83. The smallest absolute Gasteiger partial charge is 0.308 e. The first kappa shape index (κ1) is 22.7. The molecule has 0 N–H and O–H groups in total. The molecule has 0 radical (unpaired) electrons. The van der Waals surface area contributed by atoms with Crippen molar-refractivity contribution in [1.82, 2.24) is 5.01 Å². The summed E-state index contributed by atoms with van der Waals surface area (Å²) in [5.41, 5.74) is 0.0584. The number of non-ortho nitro benzene ring substituents is 1. The number of esters is 2. The lowest BCUT2D eigenvalue weighted by Crippen LogP contribution is -2.25. The van der Waals surface area contributed by atoms with Gasteiger partial charge >= 0.3 is 11.9 Å². The summed E-state index contributed by atoms with van der Waals surface area (Å²) in [6.45, 7) is 3.61. The minimum Gasteiger partial charge on any atom is -0.446 e. The molecule has 0 spiro atoms. The van der Waals surface area contributed by atoms with Gasteiger partial charge in [-0.1, -0.05) is 11.6 Å². The Kier molecular flexibility index (Phi) is 6.40. The molecule has 0 saturated carbocycles. The van der Waals surface area contributed by atoms with Crippen molar-refractivity contribution in [3.8, 4) is 11.5 Å². The minimum atomic E-state index is -1.20. The second-order valence-corrected chi connectivity index (χ2v) is 6.95. The second-order valence-electron chi connectivity index (χ2n) is 6.55. The number of ether oxygens (including phenoxy) is 3. The molecule has 1 aliphatic heterocycles. The predicted octanol–water partition coefficient (Wildman–Crippen LogP) is 3.34. The van der Waals surface area contributed by atoms with Crippen LogP contribution in [0.5, 0.6) is 11.5 Å². The Morgan fingerprint density at radius 3 is 2.38 bits per heavy atom. The van der Waals surface area contributed by atoms with Crippen LogP contribution in [-0.2, 0) is 19.1 Å². The molecule has 12 heteroatoms. The number of benzene rings is 2. The van der Waals surface area contributed by atoms with E-state index in [0.717, 1.165) is 5.01 Å². The van der Waals surface area contributed by atoms with Gasteiger partial charge in [0, 0.05) is 49.6 Å². The molecule has 0 fully saturated rings. The first-order chi connectivity index (χ1) is 15.1. The van der Waals surface area contributed by atoms with Crippen LogP contribution < -0.4 is 9.47 Å². The average molecular weight is 462 g/mol. The summed E-state index contributed by atoms with van der Waals surface area (Å²) in [7, 11) is 0. The highest BCUT2D eigenvalue weighted by molar-refractivity contribution is 6.31. The van der Waals surface area contributed by atoms with Crippen molar-refractivity contribution in [2.45, 2.75) is 27.0 Å². The van der Waals surface area contributed by atoms with Crippen molar-refractivity contribution < 1.29 is 33.5 Å². The van der Waals surface area contributed by atoms with Crippen LogP contribution in [0.25, 0.3) is 0 Å². The van der Waals surface area contributed by atoms with Crippen LogP contribution in [-0.4, -0.2) is 33.7 Å². The quantitative estimate of drug-likeness (QED) is 0.286. The van der Waals surface area contributed by atoms with Gasteiger partial charge in [-0.3, -0.25) is 24.5 Å². The van der Waals surface area contributed by atoms with Crippen LogP contribution in [0.3, 0.4) is 0 Å². The molecule has 11 nitrogen and oxygen atoms in total. The summed E-state index contributed by atoms with van der Waals surface area (Å²) in [5.74, 6) is -1.81. The highest BCUT2D eigenvalue weighted by Gasteiger charge is 2.36. The van der Waals surface area contributed by atoms with Crippen LogP contribution in [0.15, 0.2) is 41.5 Å². The monoisotopic (exact) mass is 461 g/mol. The molecule has 1 atom stereocenters. The van der Waals surface area contributed by atoms with E-state index >= 15 is 0 Å². The topological polar surface area (TPSA) is 138 Å². The number of hydrazone groups is 1. The molecule has 1 heterocycles. The summed E-state index contributed by atoms with van der Waals surface area (Å²) < 4.78 is 16.0. The van der Waals surface area contributed by atoms with Gasteiger partial charge in [0.2, 0.25) is 18.0 Å². The third-order valence-corrected chi connectivity index (χ3v) is 4.47. The van der Waals surface area contributed by atoms with Gasteiger partial charge < -0.3 is 14.2 Å². The van der Waals surface area contributed by atoms with Gasteiger partial charge in [0.15, 0.2) is 0 Å². The van der Waals surface area contributed by atoms with Crippen LogP contribution in [0.2, 0.25) is 5.02 Å². The number of nitrogens with zero attached hydrogens (tertiary/aromatic N) is 3. The van der Waals surface area contributed by atoms with Crippen molar-refractivity contribution >= 4 is 41.0 Å². The van der Waals surface area contributed by atoms with E-state index in [9.17, 15) is 24.5 Å². The van der Waals surface area contributed by atoms with Crippen LogP contribution in [0.1, 0.15) is 38.1 Å². The SMILES string of the molecule is CC(=O)Oc1ccc(C2=NN(C(C)=O)C(c3cc([N+](=O)[O-])ccc3Cl)O2)c(OC(C)=O)c1. The van der Waals surface area contributed by atoms with Crippen molar-refractivity contribution in [3.63, 3.8) is 0 Å². The molecule has 0 saturated heterocycles. The maximum atomic E-state index is 12.2. The number of hydrogen-bond donors (Lipinski definition) is 0. The number of amides is 1. The third kappa shape index (κ3) is 4.83. The molecule has 32 heavy (non-hydrogen) atoms. The zero-order valence-electron chi connectivity index (χ0n) is 17.0. The Morgan fingerprint density at radius 2 is 1.78 bits per heavy atom. The first-order valence-electron chi connectivity index (χ1n) is 9.07. The van der Waals surface area contributed by atoms with Gasteiger partial charge in [-0.05, 0) is 18.2 Å². The zero-order valence-corrected chi connectivity index (χ0v) is 17.8. The van der Waals surface area contributed by atoms with Crippen molar-refractivity contribution in [3.05, 3.63) is 62.7 Å². The zero-order chi connectivity index (χ0) is 23.6. The van der Waals surface area contributed by atoms with E-state index in [-0.39, 0.29) is 39.2 Å². The largest absolute Gasteiger partial charge is 0.446 e. The van der Waals surface area contributed by atoms with Gasteiger partial charge in [0.25, 0.3) is 5.69 Å². The van der Waals surface area contributed by atoms with Gasteiger partial charge in [-0.15, -0.1) is 5.10 Å². The summed E-state index contributed by atoms with van der Waals surface area (Å²) >= 11 is 6.20. The minimum absolute atomic E-state index is 0.0377. The maximum Gasteiger partial charge on any atom is 0.308 e. The highest BCUT2D eigenvalue weighted by Crippen LogP contribution is 2.38. The molecule has 166 valence electrons. The van der Waals surface area contributed by atoms with Crippen LogP contribution in [0, 0.1) is 10.1 Å².